The molecule has 0 spiro atoms. The number of nitrogens with one attached hydrogen (secondary N) is 2. The molecule has 0 atom stereocenters. The molecule has 2 heterocycles. The molecule has 37 heavy (non-hydrogen) atoms. The van der Waals surface area contributed by atoms with Crippen molar-refractivity contribution in [3.63, 3.8) is 0 Å². The Hall–Kier alpha value is -3.71. The number of aromatic carboxylic acids is 1. The fraction of sp³-hybridized carbons (Fsp3) is 0.292. The largest absolute Gasteiger partial charge is 0.483 e. The molecule has 2 aromatic carbocycles. The van der Waals surface area contributed by atoms with Gasteiger partial charge in [-0.3, -0.25) is 0 Å². The second-order valence-corrected chi connectivity index (χ2v) is 11.7. The molecule has 1 saturated carbocycles. The Bertz CT molecular complexity index is 1560. The maximum atomic E-state index is 13.4. The van der Waals surface area contributed by atoms with E-state index in [1.54, 1.807) is 0 Å². The summed E-state index contributed by atoms with van der Waals surface area (Å²) in [5, 5.41) is 16.9. The number of anilines is 2. The van der Waals surface area contributed by atoms with Crippen LogP contribution in [0.4, 0.5) is 15.2 Å². The normalized spacial score (nSPS) is 13.6. The van der Waals surface area contributed by atoms with Crippen LogP contribution in [0, 0.1) is 11.7 Å². The molecule has 4 aromatic rings. The summed E-state index contributed by atoms with van der Waals surface area (Å²) in [7, 11) is -3.39. The number of fused-ring (bicyclic) bond motifs is 1. The van der Waals surface area contributed by atoms with E-state index >= 15 is 0 Å². The summed E-state index contributed by atoms with van der Waals surface area (Å²) in [6, 6.07) is 8.20. The molecule has 13 heteroatoms. The molecule has 1 aliphatic carbocycles. The van der Waals surface area contributed by atoms with Crippen LogP contribution in [0.2, 0.25) is 0 Å². The predicted octanol–water partition coefficient (Wildman–Crippen LogP) is 4.60. The molecule has 3 N–H and O–H groups in total. The van der Waals surface area contributed by atoms with Crippen LogP contribution in [0.3, 0.4) is 0 Å². The van der Waals surface area contributed by atoms with E-state index in [-0.39, 0.29) is 46.2 Å². The van der Waals surface area contributed by atoms with Crippen molar-refractivity contribution in [2.75, 3.05) is 29.3 Å². The van der Waals surface area contributed by atoms with Gasteiger partial charge in [-0.2, -0.15) is 9.36 Å². The SMILES string of the molecule is CS(=O)(=O)CNc1cc2oc(-c3ccc(F)cc3)c(C(=O)O)c2cc1OCc1nsc(NCC2CC2)n1. The van der Waals surface area contributed by atoms with Gasteiger partial charge >= 0.3 is 5.97 Å². The molecule has 0 unspecified atom stereocenters. The number of carboxylic acid groups (broad SMARTS) is 1. The summed E-state index contributed by atoms with van der Waals surface area (Å²) in [5.74, 6) is -0.744. The highest BCUT2D eigenvalue weighted by Crippen LogP contribution is 2.39. The van der Waals surface area contributed by atoms with E-state index in [9.17, 15) is 22.7 Å². The highest BCUT2D eigenvalue weighted by Gasteiger charge is 2.24. The predicted molar refractivity (Wildman–Crippen MR) is 137 cm³/mol. The van der Waals surface area contributed by atoms with Crippen molar-refractivity contribution in [3.05, 3.63) is 53.6 Å². The topological polar surface area (TPSA) is 144 Å². The zero-order chi connectivity index (χ0) is 26.2. The van der Waals surface area contributed by atoms with E-state index in [2.05, 4.69) is 20.0 Å². The lowest BCUT2D eigenvalue weighted by Gasteiger charge is -2.12. The van der Waals surface area contributed by atoms with Crippen LogP contribution in [-0.2, 0) is 16.4 Å². The van der Waals surface area contributed by atoms with Gasteiger partial charge in [-0.25, -0.2) is 17.6 Å². The number of ether oxygens (including phenoxy) is 1. The van der Waals surface area contributed by atoms with Gasteiger partial charge in [0.05, 0.1) is 5.69 Å². The third-order valence-electron chi connectivity index (χ3n) is 5.70. The summed E-state index contributed by atoms with van der Waals surface area (Å²) in [4.78, 5) is 16.6. The highest BCUT2D eigenvalue weighted by atomic mass is 32.2. The van der Waals surface area contributed by atoms with Gasteiger partial charge in [0.2, 0.25) is 5.13 Å². The smallest absolute Gasteiger partial charge is 0.340 e. The molecule has 0 amide bonds. The Kier molecular flexibility index (Phi) is 6.73. The lowest BCUT2D eigenvalue weighted by Crippen LogP contribution is -2.13. The van der Waals surface area contributed by atoms with Crippen molar-refractivity contribution in [1.82, 2.24) is 9.36 Å². The first-order chi connectivity index (χ1) is 17.7. The van der Waals surface area contributed by atoms with Crippen LogP contribution in [0.15, 0.2) is 40.8 Å². The minimum absolute atomic E-state index is 0.0221. The number of rotatable bonds is 11. The van der Waals surface area contributed by atoms with Crippen LogP contribution < -0.4 is 15.4 Å². The van der Waals surface area contributed by atoms with E-state index in [0.717, 1.165) is 12.8 Å². The highest BCUT2D eigenvalue weighted by molar-refractivity contribution is 7.90. The van der Waals surface area contributed by atoms with Crippen LogP contribution in [-0.4, -0.2) is 47.5 Å². The van der Waals surface area contributed by atoms with E-state index in [1.165, 1.54) is 60.8 Å². The summed E-state index contributed by atoms with van der Waals surface area (Å²) >= 11 is 1.22. The molecule has 1 fully saturated rings. The Morgan fingerprint density at radius 1 is 1.24 bits per heavy atom. The minimum atomic E-state index is -3.39. The maximum Gasteiger partial charge on any atom is 0.340 e. The zero-order valence-corrected chi connectivity index (χ0v) is 21.3. The standard InChI is InChI=1S/C24H23FN4O6S2/c1-37(32,33)12-27-17-9-18-16(21(23(30)31)22(35-18)14-4-6-15(25)7-5-14)8-19(17)34-11-20-28-24(36-29-20)26-10-13-2-3-13/h4-9,13,27H,2-3,10-12H2,1H3,(H,30,31)(H,26,28,29). The Labute approximate surface area is 215 Å². The third kappa shape index (κ3) is 6.00. The van der Waals surface area contributed by atoms with Crippen molar-refractivity contribution >= 4 is 49.1 Å². The first-order valence-electron chi connectivity index (χ1n) is 11.4. The van der Waals surface area contributed by atoms with E-state index in [4.69, 9.17) is 9.15 Å². The number of nitrogens with zero attached hydrogens (tertiary/aromatic N) is 2. The molecular formula is C24H23FN4O6S2. The van der Waals surface area contributed by atoms with Gasteiger partial charge < -0.3 is 24.9 Å². The number of furan rings is 1. The number of sulfone groups is 1. The van der Waals surface area contributed by atoms with Crippen molar-refractivity contribution in [3.8, 4) is 17.1 Å². The molecule has 0 saturated heterocycles. The molecule has 5 rings (SSSR count). The lowest BCUT2D eigenvalue weighted by molar-refractivity contribution is 0.0699. The van der Waals surface area contributed by atoms with Gasteiger partial charge in [-0.1, -0.05) is 0 Å². The molecule has 0 aliphatic heterocycles. The van der Waals surface area contributed by atoms with Gasteiger partial charge in [0.1, 0.15) is 41.0 Å². The summed E-state index contributed by atoms with van der Waals surface area (Å²) < 4.78 is 53.0. The first-order valence-corrected chi connectivity index (χ1v) is 14.2. The van der Waals surface area contributed by atoms with Gasteiger partial charge in [0, 0.05) is 41.3 Å². The monoisotopic (exact) mass is 546 g/mol. The zero-order valence-electron chi connectivity index (χ0n) is 19.7. The third-order valence-corrected chi connectivity index (χ3v) is 7.08. The summed E-state index contributed by atoms with van der Waals surface area (Å²) in [5.41, 5.74) is 0.732. The fourth-order valence-corrected chi connectivity index (χ4v) is 4.68. The van der Waals surface area contributed by atoms with Gasteiger partial charge in [0.15, 0.2) is 15.7 Å². The molecule has 1 aliphatic rings. The van der Waals surface area contributed by atoms with Crippen LogP contribution >= 0.6 is 11.5 Å². The van der Waals surface area contributed by atoms with Crippen molar-refractivity contribution in [2.45, 2.75) is 19.4 Å². The van der Waals surface area contributed by atoms with Crippen molar-refractivity contribution < 1.29 is 31.9 Å². The molecular weight excluding hydrogens is 523 g/mol. The van der Waals surface area contributed by atoms with Gasteiger partial charge in [0.25, 0.3) is 0 Å². The van der Waals surface area contributed by atoms with E-state index in [1.807, 2.05) is 0 Å². The number of carboxylic acids is 1. The number of halogens is 1. The van der Waals surface area contributed by atoms with Crippen molar-refractivity contribution in [1.29, 1.82) is 0 Å². The number of carbonyl (C=O) groups is 1. The molecule has 0 radical (unpaired) electrons. The maximum absolute atomic E-state index is 13.4. The Morgan fingerprint density at radius 3 is 2.68 bits per heavy atom. The van der Waals surface area contributed by atoms with Crippen LogP contribution in [0.25, 0.3) is 22.3 Å². The first kappa shape index (κ1) is 25.0. The van der Waals surface area contributed by atoms with E-state index < -0.39 is 21.6 Å². The summed E-state index contributed by atoms with van der Waals surface area (Å²) in [6.07, 6.45) is 3.50. The number of benzene rings is 2. The van der Waals surface area contributed by atoms with Crippen molar-refractivity contribution in [2.24, 2.45) is 5.92 Å². The molecule has 10 nitrogen and oxygen atoms in total. The van der Waals surface area contributed by atoms with E-state index in [0.29, 0.717) is 22.4 Å². The second-order valence-electron chi connectivity index (χ2n) is 8.84. The summed E-state index contributed by atoms with van der Waals surface area (Å²) in [6.45, 7) is 0.826. The number of hydrogen-bond donors (Lipinski definition) is 3. The average molecular weight is 547 g/mol. The Balaban J connectivity index is 1.49. The van der Waals surface area contributed by atoms with Gasteiger partial charge in [-0.05, 0) is 49.1 Å². The average Bonchev–Trinajstić information content (AvgIpc) is 3.44. The van der Waals surface area contributed by atoms with Crippen LogP contribution in [0.1, 0.15) is 29.0 Å². The minimum Gasteiger partial charge on any atom is -0.483 e. The number of aromatic nitrogens is 2. The molecule has 194 valence electrons. The molecule has 0 bridgehead atoms. The Morgan fingerprint density at radius 2 is 2.00 bits per heavy atom. The lowest BCUT2D eigenvalue weighted by atomic mass is 10.0. The van der Waals surface area contributed by atoms with Crippen LogP contribution in [0.5, 0.6) is 5.75 Å². The van der Waals surface area contributed by atoms with Gasteiger partial charge in [-0.15, -0.1) is 0 Å². The fourth-order valence-electron chi connectivity index (χ4n) is 3.69. The molecule has 2 aromatic heterocycles. The second kappa shape index (κ2) is 9.98. The quantitative estimate of drug-likeness (QED) is 0.244. The number of hydrogen-bond acceptors (Lipinski definition) is 10.